The number of hydrogen-bond acceptors (Lipinski definition) is 3. The summed E-state index contributed by atoms with van der Waals surface area (Å²) in [5, 5.41) is 2.63. The fourth-order valence-corrected chi connectivity index (χ4v) is 1.71. The molecule has 0 aromatic heterocycles. The van der Waals surface area contributed by atoms with E-state index in [-0.39, 0.29) is 24.3 Å². The summed E-state index contributed by atoms with van der Waals surface area (Å²) < 4.78 is 0. The SMILES string of the molecule is Cc1c(N)cccc1N1C(=O)CCNC1=O.Cl. The first-order chi connectivity index (χ1) is 7.61. The average Bonchev–Trinajstić information content (AvgIpc) is 2.24. The van der Waals surface area contributed by atoms with Gasteiger partial charge in [-0.2, -0.15) is 0 Å². The Balaban J connectivity index is 0.00000144. The predicted molar refractivity (Wildman–Crippen MR) is 68.3 cm³/mol. The van der Waals surface area contributed by atoms with E-state index in [9.17, 15) is 9.59 Å². The number of rotatable bonds is 1. The third-order valence-corrected chi connectivity index (χ3v) is 2.66. The van der Waals surface area contributed by atoms with E-state index in [1.165, 1.54) is 0 Å². The molecule has 1 aliphatic rings. The number of nitrogens with zero attached hydrogens (tertiary/aromatic N) is 1. The molecule has 0 bridgehead atoms. The number of amides is 3. The Labute approximate surface area is 105 Å². The fraction of sp³-hybridized carbons (Fsp3) is 0.273. The van der Waals surface area contributed by atoms with Gasteiger partial charge in [0.2, 0.25) is 5.91 Å². The Morgan fingerprint density at radius 1 is 1.35 bits per heavy atom. The van der Waals surface area contributed by atoms with Crippen molar-refractivity contribution in [3.8, 4) is 0 Å². The van der Waals surface area contributed by atoms with Gasteiger partial charge < -0.3 is 11.1 Å². The highest BCUT2D eigenvalue weighted by molar-refractivity contribution is 6.16. The minimum Gasteiger partial charge on any atom is -0.398 e. The van der Waals surface area contributed by atoms with E-state index in [4.69, 9.17) is 5.73 Å². The number of carbonyl (C=O) groups is 2. The number of nitrogens with two attached hydrogens (primary N) is 1. The molecule has 1 aliphatic heterocycles. The van der Waals surface area contributed by atoms with Crippen molar-refractivity contribution >= 4 is 35.7 Å². The number of halogens is 1. The number of nitrogens with one attached hydrogen (secondary N) is 1. The van der Waals surface area contributed by atoms with Crippen LogP contribution in [0.25, 0.3) is 0 Å². The maximum atomic E-state index is 11.7. The first-order valence-electron chi connectivity index (χ1n) is 5.07. The van der Waals surface area contributed by atoms with Crippen LogP contribution in [0.5, 0.6) is 0 Å². The van der Waals surface area contributed by atoms with E-state index in [0.717, 1.165) is 10.5 Å². The summed E-state index contributed by atoms with van der Waals surface area (Å²) in [4.78, 5) is 24.5. The quantitative estimate of drug-likeness (QED) is 0.746. The minimum absolute atomic E-state index is 0. The zero-order valence-corrected chi connectivity index (χ0v) is 10.2. The van der Waals surface area contributed by atoms with Crippen LogP contribution in [0.4, 0.5) is 16.2 Å². The topological polar surface area (TPSA) is 75.4 Å². The zero-order valence-electron chi connectivity index (χ0n) is 9.40. The van der Waals surface area contributed by atoms with Crippen LogP contribution in [0, 0.1) is 6.92 Å². The van der Waals surface area contributed by atoms with Gasteiger partial charge in [0.25, 0.3) is 0 Å². The number of hydrogen-bond donors (Lipinski definition) is 2. The van der Waals surface area contributed by atoms with Gasteiger partial charge in [-0.05, 0) is 24.6 Å². The van der Waals surface area contributed by atoms with Crippen LogP contribution in [0.2, 0.25) is 0 Å². The number of carbonyl (C=O) groups excluding carboxylic acids is 2. The Morgan fingerprint density at radius 3 is 2.71 bits per heavy atom. The molecule has 0 unspecified atom stereocenters. The molecule has 92 valence electrons. The molecule has 1 heterocycles. The summed E-state index contributed by atoms with van der Waals surface area (Å²) in [6.45, 7) is 2.19. The summed E-state index contributed by atoms with van der Waals surface area (Å²) in [6, 6.07) is 4.80. The molecule has 0 saturated carbocycles. The van der Waals surface area contributed by atoms with Gasteiger partial charge in [-0.25, -0.2) is 9.69 Å². The van der Waals surface area contributed by atoms with E-state index < -0.39 is 0 Å². The molecular weight excluding hydrogens is 242 g/mol. The summed E-state index contributed by atoms with van der Waals surface area (Å²) >= 11 is 0. The third-order valence-electron chi connectivity index (χ3n) is 2.66. The van der Waals surface area contributed by atoms with Crippen molar-refractivity contribution in [3.05, 3.63) is 23.8 Å². The first kappa shape index (κ1) is 13.3. The van der Waals surface area contributed by atoms with Gasteiger partial charge in [0.05, 0.1) is 5.69 Å². The van der Waals surface area contributed by atoms with E-state index in [1.54, 1.807) is 25.1 Å². The lowest BCUT2D eigenvalue weighted by atomic mass is 10.1. The third kappa shape index (κ3) is 2.34. The Bertz CT molecular complexity index is 446. The van der Waals surface area contributed by atoms with Crippen LogP contribution in [-0.2, 0) is 4.79 Å². The number of urea groups is 1. The molecule has 0 atom stereocenters. The fourth-order valence-electron chi connectivity index (χ4n) is 1.71. The minimum atomic E-state index is -0.384. The highest BCUT2D eigenvalue weighted by Gasteiger charge is 2.28. The van der Waals surface area contributed by atoms with E-state index >= 15 is 0 Å². The van der Waals surface area contributed by atoms with Gasteiger partial charge in [-0.3, -0.25) is 4.79 Å². The van der Waals surface area contributed by atoms with Crippen LogP contribution < -0.4 is 16.0 Å². The number of imide groups is 1. The molecule has 0 spiro atoms. The normalized spacial score (nSPS) is 15.2. The first-order valence-corrected chi connectivity index (χ1v) is 5.07. The highest BCUT2D eigenvalue weighted by Crippen LogP contribution is 2.26. The van der Waals surface area contributed by atoms with Crippen molar-refractivity contribution in [1.82, 2.24) is 5.32 Å². The standard InChI is InChI=1S/C11H13N3O2.ClH/c1-7-8(12)3-2-4-9(7)14-10(15)5-6-13-11(14)16;/h2-4H,5-6,12H2,1H3,(H,13,16);1H. The largest absolute Gasteiger partial charge is 0.398 e. The molecule has 1 aromatic rings. The molecule has 6 heteroatoms. The number of benzene rings is 1. The molecule has 3 N–H and O–H groups in total. The van der Waals surface area contributed by atoms with Crippen molar-refractivity contribution in [3.63, 3.8) is 0 Å². The second-order valence-electron chi connectivity index (χ2n) is 3.70. The Morgan fingerprint density at radius 2 is 2.06 bits per heavy atom. The van der Waals surface area contributed by atoms with Gasteiger partial charge in [0, 0.05) is 18.7 Å². The van der Waals surface area contributed by atoms with Gasteiger partial charge in [0.15, 0.2) is 0 Å². The van der Waals surface area contributed by atoms with Crippen molar-refractivity contribution in [1.29, 1.82) is 0 Å². The summed E-state index contributed by atoms with van der Waals surface area (Å²) in [6.07, 6.45) is 0.319. The van der Waals surface area contributed by atoms with Crippen molar-refractivity contribution in [2.75, 3.05) is 17.2 Å². The summed E-state index contributed by atoms with van der Waals surface area (Å²) in [5.41, 5.74) is 7.62. The van der Waals surface area contributed by atoms with Crippen LogP contribution in [0.3, 0.4) is 0 Å². The molecule has 1 saturated heterocycles. The Hall–Kier alpha value is -1.75. The van der Waals surface area contributed by atoms with Gasteiger partial charge in [-0.15, -0.1) is 12.4 Å². The van der Waals surface area contributed by atoms with E-state index in [2.05, 4.69) is 5.32 Å². The maximum Gasteiger partial charge on any atom is 0.328 e. The number of nitrogen functional groups attached to an aromatic ring is 1. The molecule has 17 heavy (non-hydrogen) atoms. The second kappa shape index (κ2) is 5.05. The maximum absolute atomic E-state index is 11.7. The van der Waals surface area contributed by atoms with Crippen molar-refractivity contribution in [2.24, 2.45) is 0 Å². The van der Waals surface area contributed by atoms with Crippen molar-refractivity contribution in [2.45, 2.75) is 13.3 Å². The summed E-state index contributed by atoms with van der Waals surface area (Å²) in [7, 11) is 0. The molecule has 0 aliphatic carbocycles. The molecule has 2 rings (SSSR count). The molecule has 1 aromatic carbocycles. The summed E-state index contributed by atoms with van der Waals surface area (Å²) in [5.74, 6) is -0.197. The second-order valence-corrected chi connectivity index (χ2v) is 3.70. The van der Waals surface area contributed by atoms with E-state index in [0.29, 0.717) is 24.3 Å². The predicted octanol–water partition coefficient (Wildman–Crippen LogP) is 1.45. The van der Waals surface area contributed by atoms with Gasteiger partial charge in [-0.1, -0.05) is 6.07 Å². The molecular formula is C11H14ClN3O2. The van der Waals surface area contributed by atoms with Gasteiger partial charge in [0.1, 0.15) is 0 Å². The molecule has 0 radical (unpaired) electrons. The van der Waals surface area contributed by atoms with Crippen LogP contribution in [0.15, 0.2) is 18.2 Å². The average molecular weight is 256 g/mol. The lowest BCUT2D eigenvalue weighted by Crippen LogP contribution is -2.50. The lowest BCUT2D eigenvalue weighted by molar-refractivity contribution is -0.118. The molecule has 1 fully saturated rings. The number of anilines is 2. The smallest absolute Gasteiger partial charge is 0.328 e. The molecule has 5 nitrogen and oxygen atoms in total. The van der Waals surface area contributed by atoms with Crippen molar-refractivity contribution < 1.29 is 9.59 Å². The highest BCUT2D eigenvalue weighted by atomic mass is 35.5. The zero-order chi connectivity index (χ0) is 11.7. The van der Waals surface area contributed by atoms with Gasteiger partial charge >= 0.3 is 6.03 Å². The van der Waals surface area contributed by atoms with Crippen LogP contribution >= 0.6 is 12.4 Å². The van der Waals surface area contributed by atoms with Crippen LogP contribution in [-0.4, -0.2) is 18.5 Å². The lowest BCUT2D eigenvalue weighted by Gasteiger charge is -2.27. The van der Waals surface area contributed by atoms with E-state index in [1.807, 2.05) is 0 Å². The molecule has 3 amide bonds. The van der Waals surface area contributed by atoms with Crippen LogP contribution in [0.1, 0.15) is 12.0 Å². The Kier molecular flexibility index (Phi) is 3.96. The monoisotopic (exact) mass is 255 g/mol.